The molecule has 0 radical (unpaired) electrons. The first kappa shape index (κ1) is 18.0. The van der Waals surface area contributed by atoms with Gasteiger partial charge < -0.3 is 20.1 Å². The number of ether oxygens (including phenoxy) is 2. The van der Waals surface area contributed by atoms with Gasteiger partial charge in [-0.05, 0) is 37.5 Å². The summed E-state index contributed by atoms with van der Waals surface area (Å²) in [7, 11) is 0. The van der Waals surface area contributed by atoms with Crippen LogP contribution in [0.2, 0.25) is 5.02 Å². The van der Waals surface area contributed by atoms with E-state index in [1.54, 1.807) is 0 Å². The van der Waals surface area contributed by atoms with Crippen molar-refractivity contribution in [2.45, 2.75) is 32.4 Å². The quantitative estimate of drug-likeness (QED) is 0.434. The fraction of sp³-hybridized carbons (Fsp3) is 0.588. The Balaban J connectivity index is 1.67. The molecule has 0 spiro atoms. The van der Waals surface area contributed by atoms with Gasteiger partial charge in [0.1, 0.15) is 0 Å². The summed E-state index contributed by atoms with van der Waals surface area (Å²) in [6, 6.07) is 7.73. The van der Waals surface area contributed by atoms with Crippen molar-refractivity contribution >= 4 is 17.6 Å². The zero-order chi connectivity index (χ0) is 16.3. The van der Waals surface area contributed by atoms with Crippen LogP contribution in [-0.2, 0) is 16.0 Å². The lowest BCUT2D eigenvalue weighted by molar-refractivity contribution is 0.0191. The Hall–Kier alpha value is -1.30. The van der Waals surface area contributed by atoms with Crippen LogP contribution in [0.5, 0.6) is 0 Å². The van der Waals surface area contributed by atoms with E-state index in [1.807, 2.05) is 31.2 Å². The standard InChI is InChI=1S/C17H26ClN3O2/c1-2-19-17(21-12-14-5-7-15(18)8-6-14)20-9-11-22-13-16-4-3-10-23-16/h5-8,16H,2-4,9-13H2,1H3,(H2,19,20,21). The van der Waals surface area contributed by atoms with Gasteiger partial charge >= 0.3 is 0 Å². The van der Waals surface area contributed by atoms with Crippen LogP contribution in [-0.4, -0.2) is 45.0 Å². The lowest BCUT2D eigenvalue weighted by atomic mass is 10.2. The molecule has 2 rings (SSSR count). The number of rotatable bonds is 8. The van der Waals surface area contributed by atoms with Crippen molar-refractivity contribution in [1.29, 1.82) is 0 Å². The van der Waals surface area contributed by atoms with Gasteiger partial charge in [-0.1, -0.05) is 23.7 Å². The average Bonchev–Trinajstić information content (AvgIpc) is 3.07. The lowest BCUT2D eigenvalue weighted by Gasteiger charge is -2.13. The average molecular weight is 340 g/mol. The Bertz CT molecular complexity index is 473. The SMILES string of the molecule is CCNC(=NCc1ccc(Cl)cc1)NCCOCC1CCCO1. The zero-order valence-electron chi connectivity index (χ0n) is 13.7. The summed E-state index contributed by atoms with van der Waals surface area (Å²) in [6.07, 6.45) is 2.54. The van der Waals surface area contributed by atoms with Crippen LogP contribution >= 0.6 is 11.6 Å². The minimum absolute atomic E-state index is 0.279. The number of hydrogen-bond acceptors (Lipinski definition) is 3. The third kappa shape index (κ3) is 7.20. The summed E-state index contributed by atoms with van der Waals surface area (Å²) in [5.41, 5.74) is 1.13. The van der Waals surface area contributed by atoms with Gasteiger partial charge in [0.25, 0.3) is 0 Å². The molecule has 1 aliphatic rings. The summed E-state index contributed by atoms with van der Waals surface area (Å²) in [5.74, 6) is 0.795. The van der Waals surface area contributed by atoms with Gasteiger partial charge in [0, 0.05) is 24.7 Å². The van der Waals surface area contributed by atoms with Crippen molar-refractivity contribution in [2.75, 3.05) is 32.9 Å². The number of halogens is 1. The van der Waals surface area contributed by atoms with Crippen molar-refractivity contribution in [3.05, 3.63) is 34.9 Å². The summed E-state index contributed by atoms with van der Waals surface area (Å²) in [6.45, 7) is 6.40. The van der Waals surface area contributed by atoms with E-state index in [0.717, 1.165) is 49.1 Å². The first-order valence-electron chi connectivity index (χ1n) is 8.24. The number of hydrogen-bond donors (Lipinski definition) is 2. The van der Waals surface area contributed by atoms with Crippen LogP contribution in [0.15, 0.2) is 29.3 Å². The third-order valence-electron chi connectivity index (χ3n) is 3.54. The van der Waals surface area contributed by atoms with Crippen molar-refractivity contribution < 1.29 is 9.47 Å². The number of benzene rings is 1. The van der Waals surface area contributed by atoms with Gasteiger partial charge in [-0.3, -0.25) is 0 Å². The number of guanidine groups is 1. The molecule has 1 aliphatic heterocycles. The lowest BCUT2D eigenvalue weighted by Crippen LogP contribution is -2.39. The Labute approximate surface area is 143 Å². The second-order valence-electron chi connectivity index (χ2n) is 5.46. The molecule has 0 bridgehead atoms. The van der Waals surface area contributed by atoms with Crippen molar-refractivity contribution in [3.63, 3.8) is 0 Å². The minimum Gasteiger partial charge on any atom is -0.377 e. The van der Waals surface area contributed by atoms with Crippen LogP contribution < -0.4 is 10.6 Å². The van der Waals surface area contributed by atoms with Crippen molar-refractivity contribution in [3.8, 4) is 0 Å². The van der Waals surface area contributed by atoms with E-state index >= 15 is 0 Å². The molecule has 1 aromatic carbocycles. The molecule has 6 heteroatoms. The molecule has 1 aromatic rings. The highest BCUT2D eigenvalue weighted by molar-refractivity contribution is 6.30. The fourth-order valence-electron chi connectivity index (χ4n) is 2.33. The summed E-state index contributed by atoms with van der Waals surface area (Å²) in [5, 5.41) is 7.25. The summed E-state index contributed by atoms with van der Waals surface area (Å²) in [4.78, 5) is 4.56. The molecule has 0 saturated carbocycles. The van der Waals surface area contributed by atoms with E-state index in [0.29, 0.717) is 19.8 Å². The topological polar surface area (TPSA) is 54.9 Å². The summed E-state index contributed by atoms with van der Waals surface area (Å²) < 4.78 is 11.2. The molecule has 0 aromatic heterocycles. The first-order chi connectivity index (χ1) is 11.3. The van der Waals surface area contributed by atoms with Gasteiger partial charge in [-0.25, -0.2) is 4.99 Å². The van der Waals surface area contributed by atoms with E-state index in [1.165, 1.54) is 0 Å². The van der Waals surface area contributed by atoms with Gasteiger partial charge in [-0.2, -0.15) is 0 Å². The van der Waals surface area contributed by atoms with Crippen LogP contribution in [0, 0.1) is 0 Å². The van der Waals surface area contributed by atoms with Gasteiger partial charge in [0.2, 0.25) is 0 Å². The van der Waals surface area contributed by atoms with Crippen molar-refractivity contribution in [1.82, 2.24) is 10.6 Å². The predicted octanol–water partition coefficient (Wildman–Crippen LogP) is 2.59. The Kier molecular flexibility index (Phi) is 8.21. The monoisotopic (exact) mass is 339 g/mol. The van der Waals surface area contributed by atoms with E-state index in [9.17, 15) is 0 Å². The highest BCUT2D eigenvalue weighted by Crippen LogP contribution is 2.11. The van der Waals surface area contributed by atoms with E-state index in [4.69, 9.17) is 21.1 Å². The van der Waals surface area contributed by atoms with Gasteiger partial charge in [-0.15, -0.1) is 0 Å². The molecule has 2 N–H and O–H groups in total. The van der Waals surface area contributed by atoms with Crippen molar-refractivity contribution in [2.24, 2.45) is 4.99 Å². The van der Waals surface area contributed by atoms with E-state index < -0.39 is 0 Å². The molecule has 1 saturated heterocycles. The third-order valence-corrected chi connectivity index (χ3v) is 3.80. The first-order valence-corrected chi connectivity index (χ1v) is 8.61. The molecule has 0 amide bonds. The smallest absolute Gasteiger partial charge is 0.191 e. The molecular formula is C17H26ClN3O2. The van der Waals surface area contributed by atoms with Gasteiger partial charge in [0.05, 0.1) is 25.9 Å². The van der Waals surface area contributed by atoms with Gasteiger partial charge in [0.15, 0.2) is 5.96 Å². The second kappa shape index (κ2) is 10.5. The predicted molar refractivity (Wildman–Crippen MR) is 94.1 cm³/mol. The highest BCUT2D eigenvalue weighted by Gasteiger charge is 2.14. The summed E-state index contributed by atoms with van der Waals surface area (Å²) >= 11 is 5.89. The fourth-order valence-corrected chi connectivity index (χ4v) is 2.46. The Morgan fingerprint density at radius 2 is 2.17 bits per heavy atom. The molecule has 1 atom stereocenters. The largest absolute Gasteiger partial charge is 0.377 e. The molecule has 128 valence electrons. The van der Waals surface area contributed by atoms with E-state index in [-0.39, 0.29) is 6.10 Å². The molecule has 1 fully saturated rings. The number of aliphatic imine (C=N–C) groups is 1. The normalized spacial score (nSPS) is 18.2. The van der Waals surface area contributed by atoms with Crippen LogP contribution in [0.3, 0.4) is 0 Å². The van der Waals surface area contributed by atoms with E-state index in [2.05, 4.69) is 15.6 Å². The maximum atomic E-state index is 5.89. The Morgan fingerprint density at radius 1 is 1.35 bits per heavy atom. The molecule has 23 heavy (non-hydrogen) atoms. The molecule has 5 nitrogen and oxygen atoms in total. The molecular weight excluding hydrogens is 314 g/mol. The minimum atomic E-state index is 0.279. The maximum Gasteiger partial charge on any atom is 0.191 e. The molecule has 1 unspecified atom stereocenters. The highest BCUT2D eigenvalue weighted by atomic mass is 35.5. The maximum absolute atomic E-state index is 5.89. The molecule has 1 heterocycles. The number of nitrogens with zero attached hydrogens (tertiary/aromatic N) is 1. The second-order valence-corrected chi connectivity index (χ2v) is 5.89. The number of nitrogens with one attached hydrogen (secondary N) is 2. The van der Waals surface area contributed by atoms with Crippen LogP contribution in [0.4, 0.5) is 0 Å². The Morgan fingerprint density at radius 3 is 2.87 bits per heavy atom. The van der Waals surface area contributed by atoms with Crippen LogP contribution in [0.25, 0.3) is 0 Å². The zero-order valence-corrected chi connectivity index (χ0v) is 14.4. The van der Waals surface area contributed by atoms with Crippen LogP contribution in [0.1, 0.15) is 25.3 Å². The molecule has 0 aliphatic carbocycles.